The number of nitrogens with zero attached hydrogens (tertiary/aromatic N) is 1. The molecule has 1 heterocycles. The van der Waals surface area contributed by atoms with E-state index in [4.69, 9.17) is 10.5 Å². The van der Waals surface area contributed by atoms with E-state index in [-0.39, 0.29) is 18.7 Å². The zero-order valence-corrected chi connectivity index (χ0v) is 13.4. The number of anilines is 2. The van der Waals surface area contributed by atoms with Gasteiger partial charge in [-0.1, -0.05) is 0 Å². The Bertz CT molecular complexity index is 540. The number of alkyl carbamates (subject to hydrolysis) is 1. The minimum absolute atomic E-state index is 0.0407. The molecule has 1 aromatic rings. The number of nitrogens with one attached hydrogen (secondary N) is 1. The van der Waals surface area contributed by atoms with Gasteiger partial charge in [-0.3, -0.25) is 0 Å². The molecule has 0 spiro atoms. The van der Waals surface area contributed by atoms with Gasteiger partial charge in [0.15, 0.2) is 0 Å². The molecule has 122 valence electrons. The van der Waals surface area contributed by atoms with Crippen molar-refractivity contribution in [2.75, 3.05) is 23.7 Å². The summed E-state index contributed by atoms with van der Waals surface area (Å²) in [5, 5.41) is 12.4. The van der Waals surface area contributed by atoms with Crippen molar-refractivity contribution in [2.45, 2.75) is 45.4 Å². The van der Waals surface area contributed by atoms with Crippen molar-refractivity contribution in [3.05, 3.63) is 23.8 Å². The second-order valence-corrected chi connectivity index (χ2v) is 6.62. The van der Waals surface area contributed by atoms with Crippen LogP contribution in [0.4, 0.5) is 16.2 Å². The largest absolute Gasteiger partial charge is 0.444 e. The van der Waals surface area contributed by atoms with Crippen LogP contribution in [0.15, 0.2) is 18.2 Å². The third-order valence-electron chi connectivity index (χ3n) is 3.52. The van der Waals surface area contributed by atoms with Crippen LogP contribution in [0.3, 0.4) is 0 Å². The zero-order valence-electron chi connectivity index (χ0n) is 13.4. The summed E-state index contributed by atoms with van der Waals surface area (Å²) in [6, 6.07) is 5.56. The summed E-state index contributed by atoms with van der Waals surface area (Å²) >= 11 is 0. The summed E-state index contributed by atoms with van der Waals surface area (Å²) in [6.45, 7) is 6.98. The van der Waals surface area contributed by atoms with Gasteiger partial charge in [0.05, 0.1) is 12.6 Å². The van der Waals surface area contributed by atoms with Crippen LogP contribution in [0, 0.1) is 0 Å². The molecule has 1 unspecified atom stereocenters. The summed E-state index contributed by atoms with van der Waals surface area (Å²) in [5.41, 5.74) is 7.66. The summed E-state index contributed by atoms with van der Waals surface area (Å²) in [6.07, 6.45) is 0.452. The molecule has 0 aliphatic carbocycles. The second-order valence-electron chi connectivity index (χ2n) is 6.62. The van der Waals surface area contributed by atoms with Gasteiger partial charge in [0, 0.05) is 30.0 Å². The predicted molar refractivity (Wildman–Crippen MR) is 86.8 cm³/mol. The van der Waals surface area contributed by atoms with Gasteiger partial charge in [0.1, 0.15) is 5.60 Å². The topological polar surface area (TPSA) is 87.8 Å². The van der Waals surface area contributed by atoms with Crippen molar-refractivity contribution in [1.29, 1.82) is 0 Å². The van der Waals surface area contributed by atoms with Crippen LogP contribution in [0.1, 0.15) is 32.8 Å². The maximum Gasteiger partial charge on any atom is 0.407 e. The van der Waals surface area contributed by atoms with Crippen molar-refractivity contribution >= 4 is 17.5 Å². The fourth-order valence-corrected chi connectivity index (χ4v) is 2.61. The average molecular weight is 307 g/mol. The monoisotopic (exact) mass is 307 g/mol. The smallest absolute Gasteiger partial charge is 0.407 e. The SMILES string of the molecule is CC(C)(C)OC(=O)NC1CCN(c2ccc(N)cc2CO)C1. The molecule has 6 heteroatoms. The number of hydrogen-bond donors (Lipinski definition) is 3. The van der Waals surface area contributed by atoms with Gasteiger partial charge in [0.2, 0.25) is 0 Å². The highest BCUT2D eigenvalue weighted by atomic mass is 16.6. The Labute approximate surface area is 131 Å². The highest BCUT2D eigenvalue weighted by Crippen LogP contribution is 2.26. The summed E-state index contributed by atoms with van der Waals surface area (Å²) in [5.74, 6) is 0. The Morgan fingerprint density at radius 3 is 2.86 bits per heavy atom. The number of amides is 1. The number of aliphatic hydroxyl groups excluding tert-OH is 1. The van der Waals surface area contributed by atoms with Gasteiger partial charge in [-0.15, -0.1) is 0 Å². The van der Waals surface area contributed by atoms with Crippen LogP contribution in [-0.4, -0.2) is 35.9 Å². The van der Waals surface area contributed by atoms with E-state index in [9.17, 15) is 9.90 Å². The highest BCUT2D eigenvalue weighted by Gasteiger charge is 2.27. The lowest BCUT2D eigenvalue weighted by atomic mass is 10.1. The van der Waals surface area contributed by atoms with Gasteiger partial charge in [-0.25, -0.2) is 4.79 Å². The van der Waals surface area contributed by atoms with E-state index < -0.39 is 5.60 Å². The molecular formula is C16H25N3O3. The Balaban J connectivity index is 1.97. The molecule has 6 nitrogen and oxygen atoms in total. The Morgan fingerprint density at radius 1 is 1.50 bits per heavy atom. The van der Waals surface area contributed by atoms with Crippen molar-refractivity contribution in [2.24, 2.45) is 0 Å². The van der Waals surface area contributed by atoms with E-state index in [1.54, 1.807) is 6.07 Å². The third kappa shape index (κ3) is 4.27. The molecule has 1 aliphatic rings. The number of nitrogens with two attached hydrogens (primary N) is 1. The minimum Gasteiger partial charge on any atom is -0.444 e. The third-order valence-corrected chi connectivity index (χ3v) is 3.52. The first kappa shape index (κ1) is 16.4. The lowest BCUT2D eigenvalue weighted by Crippen LogP contribution is -2.40. The van der Waals surface area contributed by atoms with Gasteiger partial charge in [0.25, 0.3) is 0 Å². The fourth-order valence-electron chi connectivity index (χ4n) is 2.61. The van der Waals surface area contributed by atoms with E-state index >= 15 is 0 Å². The molecule has 0 radical (unpaired) electrons. The quantitative estimate of drug-likeness (QED) is 0.742. The molecule has 1 aliphatic heterocycles. The molecule has 4 N–H and O–H groups in total. The highest BCUT2D eigenvalue weighted by molar-refractivity contribution is 5.68. The summed E-state index contributed by atoms with van der Waals surface area (Å²) < 4.78 is 5.28. The fraction of sp³-hybridized carbons (Fsp3) is 0.562. The minimum atomic E-state index is -0.497. The van der Waals surface area contributed by atoms with Crippen molar-refractivity contribution in [3.63, 3.8) is 0 Å². The number of carbonyl (C=O) groups is 1. The number of carbonyl (C=O) groups excluding carboxylic acids is 1. The molecule has 0 saturated carbocycles. The van der Waals surface area contributed by atoms with Crippen LogP contribution >= 0.6 is 0 Å². The maximum atomic E-state index is 11.8. The lowest BCUT2D eigenvalue weighted by Gasteiger charge is -2.23. The van der Waals surface area contributed by atoms with E-state index in [0.717, 1.165) is 24.2 Å². The molecule has 1 atom stereocenters. The maximum absolute atomic E-state index is 11.8. The average Bonchev–Trinajstić information content (AvgIpc) is 2.84. The molecule has 22 heavy (non-hydrogen) atoms. The van der Waals surface area contributed by atoms with Gasteiger partial charge < -0.3 is 25.8 Å². The van der Waals surface area contributed by atoms with Crippen molar-refractivity contribution in [3.8, 4) is 0 Å². The Morgan fingerprint density at radius 2 is 2.23 bits per heavy atom. The first-order valence-electron chi connectivity index (χ1n) is 7.52. The molecule has 0 aromatic heterocycles. The van der Waals surface area contributed by atoms with Crippen LogP contribution in [0.2, 0.25) is 0 Å². The zero-order chi connectivity index (χ0) is 16.3. The summed E-state index contributed by atoms with van der Waals surface area (Å²) in [7, 11) is 0. The van der Waals surface area contributed by atoms with Crippen LogP contribution in [-0.2, 0) is 11.3 Å². The number of ether oxygens (including phenoxy) is 1. The first-order valence-corrected chi connectivity index (χ1v) is 7.52. The van der Waals surface area contributed by atoms with E-state index in [1.807, 2.05) is 32.9 Å². The molecule has 1 fully saturated rings. The molecule has 1 saturated heterocycles. The van der Waals surface area contributed by atoms with Crippen molar-refractivity contribution in [1.82, 2.24) is 5.32 Å². The molecular weight excluding hydrogens is 282 g/mol. The first-order chi connectivity index (χ1) is 10.3. The van der Waals surface area contributed by atoms with Crippen LogP contribution in [0.25, 0.3) is 0 Å². The normalized spacial score (nSPS) is 18.4. The molecule has 1 aromatic carbocycles. The molecule has 2 rings (SSSR count). The molecule has 1 amide bonds. The standard InChI is InChI=1S/C16H25N3O3/c1-16(2,3)22-15(21)18-13-6-7-19(9-13)14-5-4-12(17)8-11(14)10-20/h4-5,8,13,20H,6-7,9-10,17H2,1-3H3,(H,18,21). The Kier molecular flexibility index (Phi) is 4.81. The number of aliphatic hydroxyl groups is 1. The van der Waals surface area contributed by atoms with E-state index in [2.05, 4.69) is 10.2 Å². The van der Waals surface area contributed by atoms with Gasteiger partial charge in [-0.05, 0) is 45.4 Å². The van der Waals surface area contributed by atoms with Gasteiger partial charge >= 0.3 is 6.09 Å². The number of hydrogen-bond acceptors (Lipinski definition) is 5. The predicted octanol–water partition coefficient (Wildman–Crippen LogP) is 1.86. The lowest BCUT2D eigenvalue weighted by molar-refractivity contribution is 0.0509. The number of benzene rings is 1. The van der Waals surface area contributed by atoms with E-state index in [1.165, 1.54) is 0 Å². The number of nitrogen functional groups attached to an aromatic ring is 1. The second kappa shape index (κ2) is 6.44. The molecule has 0 bridgehead atoms. The van der Waals surface area contributed by atoms with Gasteiger partial charge in [-0.2, -0.15) is 0 Å². The summed E-state index contributed by atoms with van der Waals surface area (Å²) in [4.78, 5) is 14.0. The van der Waals surface area contributed by atoms with Crippen molar-refractivity contribution < 1.29 is 14.6 Å². The number of rotatable bonds is 3. The van der Waals surface area contributed by atoms with Crippen LogP contribution in [0.5, 0.6) is 0 Å². The van der Waals surface area contributed by atoms with Crippen LogP contribution < -0.4 is 16.0 Å². The van der Waals surface area contributed by atoms with E-state index in [0.29, 0.717) is 12.2 Å². The Hall–Kier alpha value is -1.95.